The van der Waals surface area contributed by atoms with Gasteiger partial charge in [-0.2, -0.15) is 0 Å². The number of hydrogen-bond donors (Lipinski definition) is 2. The number of aryl methyl sites for hydroxylation is 2. The van der Waals surface area contributed by atoms with Crippen LogP contribution in [0, 0.1) is 13.8 Å². The van der Waals surface area contributed by atoms with Gasteiger partial charge in [-0.05, 0) is 86.9 Å². The van der Waals surface area contributed by atoms with E-state index in [4.69, 9.17) is 4.74 Å². The molecule has 27 heavy (non-hydrogen) atoms. The number of hydrogen-bond acceptors (Lipinski definition) is 3. The number of carbonyl (C=O) groups excluding carboxylic acids is 2. The summed E-state index contributed by atoms with van der Waals surface area (Å²) in [6, 6.07) is 10.6. The highest BCUT2D eigenvalue weighted by molar-refractivity contribution is 6.07. The van der Waals surface area contributed by atoms with Crippen molar-refractivity contribution < 1.29 is 14.3 Å². The standard InChI is InChI=1S/C22H26N2O3/c1-14(2)23-22(26)24-19-9-7-18(8-10-19)20(25)11-6-17-12-15(3)21(27-5)16(4)13-17/h6-14H,1-5H3,(H2,23,24,26)/b11-6+. The predicted octanol–water partition coefficient (Wildman–Crippen LogP) is 4.74. The van der Waals surface area contributed by atoms with Crippen LogP contribution in [0.3, 0.4) is 0 Å². The quantitative estimate of drug-likeness (QED) is 0.573. The van der Waals surface area contributed by atoms with Crippen LogP contribution in [0.1, 0.15) is 40.9 Å². The van der Waals surface area contributed by atoms with Crippen molar-refractivity contribution in [3.05, 3.63) is 64.7 Å². The van der Waals surface area contributed by atoms with Gasteiger partial charge in [0.15, 0.2) is 5.78 Å². The van der Waals surface area contributed by atoms with Crippen molar-refractivity contribution in [1.29, 1.82) is 0 Å². The average Bonchev–Trinajstić information content (AvgIpc) is 2.59. The Morgan fingerprint density at radius 2 is 1.63 bits per heavy atom. The van der Waals surface area contributed by atoms with Crippen LogP contribution in [-0.4, -0.2) is 25.0 Å². The van der Waals surface area contributed by atoms with Gasteiger partial charge in [0.2, 0.25) is 0 Å². The normalized spacial score (nSPS) is 10.9. The van der Waals surface area contributed by atoms with Crippen LogP contribution in [-0.2, 0) is 0 Å². The van der Waals surface area contributed by atoms with Crippen LogP contribution in [0.25, 0.3) is 6.08 Å². The Morgan fingerprint density at radius 3 is 2.15 bits per heavy atom. The number of benzene rings is 2. The maximum Gasteiger partial charge on any atom is 0.319 e. The van der Waals surface area contributed by atoms with Crippen LogP contribution in [0.5, 0.6) is 5.75 Å². The predicted molar refractivity (Wildman–Crippen MR) is 110 cm³/mol. The Hall–Kier alpha value is -3.08. The molecule has 0 aromatic heterocycles. The molecule has 142 valence electrons. The number of anilines is 1. The summed E-state index contributed by atoms with van der Waals surface area (Å²) in [6.45, 7) is 7.73. The zero-order chi connectivity index (χ0) is 20.0. The molecule has 2 aromatic rings. The zero-order valence-electron chi connectivity index (χ0n) is 16.4. The third-order valence-corrected chi connectivity index (χ3v) is 3.96. The summed E-state index contributed by atoms with van der Waals surface area (Å²) >= 11 is 0. The van der Waals surface area contributed by atoms with Crippen molar-refractivity contribution in [2.45, 2.75) is 33.7 Å². The molecule has 0 aliphatic heterocycles. The fourth-order valence-electron chi connectivity index (χ4n) is 2.82. The summed E-state index contributed by atoms with van der Waals surface area (Å²) in [5, 5.41) is 5.48. The SMILES string of the molecule is COc1c(C)cc(/C=C/C(=O)c2ccc(NC(=O)NC(C)C)cc2)cc1C. The second-order valence-corrected chi connectivity index (χ2v) is 6.72. The van der Waals surface area contributed by atoms with Crippen LogP contribution in [0.2, 0.25) is 0 Å². The summed E-state index contributed by atoms with van der Waals surface area (Å²) in [5.41, 5.74) is 4.19. The molecule has 2 N–H and O–H groups in total. The first-order valence-electron chi connectivity index (χ1n) is 8.85. The molecule has 0 heterocycles. The number of carbonyl (C=O) groups is 2. The summed E-state index contributed by atoms with van der Waals surface area (Å²) in [4.78, 5) is 24.1. The van der Waals surface area contributed by atoms with E-state index in [1.807, 2.05) is 39.8 Å². The van der Waals surface area contributed by atoms with Crippen molar-refractivity contribution in [2.75, 3.05) is 12.4 Å². The molecule has 2 amide bonds. The molecule has 2 aromatic carbocycles. The molecule has 0 atom stereocenters. The average molecular weight is 366 g/mol. The molecule has 0 fully saturated rings. The van der Waals surface area contributed by atoms with E-state index >= 15 is 0 Å². The van der Waals surface area contributed by atoms with E-state index in [1.54, 1.807) is 43.5 Å². The van der Waals surface area contributed by atoms with E-state index in [2.05, 4.69) is 10.6 Å². The Balaban J connectivity index is 2.06. The number of amides is 2. The molecular weight excluding hydrogens is 340 g/mol. The number of urea groups is 1. The van der Waals surface area contributed by atoms with Gasteiger partial charge in [0.25, 0.3) is 0 Å². The Kier molecular flexibility index (Phi) is 6.77. The highest BCUT2D eigenvalue weighted by Gasteiger charge is 2.07. The lowest BCUT2D eigenvalue weighted by atomic mass is 10.0. The Bertz CT molecular complexity index is 829. The second kappa shape index (κ2) is 9.03. The maximum atomic E-state index is 12.4. The molecule has 0 bridgehead atoms. The van der Waals surface area contributed by atoms with Crippen molar-refractivity contribution in [2.24, 2.45) is 0 Å². The van der Waals surface area contributed by atoms with E-state index in [0.29, 0.717) is 11.3 Å². The van der Waals surface area contributed by atoms with E-state index in [-0.39, 0.29) is 17.9 Å². The molecule has 0 saturated heterocycles. The first-order chi connectivity index (χ1) is 12.8. The van der Waals surface area contributed by atoms with Crippen LogP contribution < -0.4 is 15.4 Å². The molecule has 0 spiro atoms. The van der Waals surface area contributed by atoms with Gasteiger partial charge < -0.3 is 15.4 Å². The molecule has 2 rings (SSSR count). The largest absolute Gasteiger partial charge is 0.496 e. The fraction of sp³-hybridized carbons (Fsp3) is 0.273. The summed E-state index contributed by atoms with van der Waals surface area (Å²) < 4.78 is 5.36. The van der Waals surface area contributed by atoms with Gasteiger partial charge in [0, 0.05) is 17.3 Å². The number of nitrogens with one attached hydrogen (secondary N) is 2. The van der Waals surface area contributed by atoms with Gasteiger partial charge >= 0.3 is 6.03 Å². The summed E-state index contributed by atoms with van der Waals surface area (Å²) in [5.74, 6) is 0.766. The van der Waals surface area contributed by atoms with E-state index in [0.717, 1.165) is 22.4 Å². The number of allylic oxidation sites excluding steroid dienone is 1. The maximum absolute atomic E-state index is 12.4. The van der Waals surface area contributed by atoms with Crippen molar-refractivity contribution >= 4 is 23.6 Å². The monoisotopic (exact) mass is 366 g/mol. The lowest BCUT2D eigenvalue weighted by Gasteiger charge is -2.10. The second-order valence-electron chi connectivity index (χ2n) is 6.72. The molecule has 0 aliphatic carbocycles. The molecule has 0 radical (unpaired) electrons. The number of methoxy groups -OCH3 is 1. The van der Waals surface area contributed by atoms with Gasteiger partial charge in [0.1, 0.15) is 5.75 Å². The topological polar surface area (TPSA) is 67.4 Å². The Labute approximate surface area is 160 Å². The zero-order valence-corrected chi connectivity index (χ0v) is 16.4. The minimum Gasteiger partial charge on any atom is -0.496 e. The highest BCUT2D eigenvalue weighted by Crippen LogP contribution is 2.25. The lowest BCUT2D eigenvalue weighted by Crippen LogP contribution is -2.34. The van der Waals surface area contributed by atoms with Gasteiger partial charge in [-0.1, -0.05) is 6.08 Å². The van der Waals surface area contributed by atoms with Crippen molar-refractivity contribution in [3.63, 3.8) is 0 Å². The first kappa shape index (κ1) is 20.2. The lowest BCUT2D eigenvalue weighted by molar-refractivity contribution is 0.104. The molecule has 0 unspecified atom stereocenters. The smallest absolute Gasteiger partial charge is 0.319 e. The minimum absolute atomic E-state index is 0.0567. The summed E-state index contributed by atoms with van der Waals surface area (Å²) in [6.07, 6.45) is 3.35. The van der Waals surface area contributed by atoms with E-state index in [9.17, 15) is 9.59 Å². The highest BCUT2D eigenvalue weighted by atomic mass is 16.5. The van der Waals surface area contributed by atoms with Crippen LogP contribution in [0.15, 0.2) is 42.5 Å². The first-order valence-corrected chi connectivity index (χ1v) is 8.85. The molecule has 5 nitrogen and oxygen atoms in total. The van der Waals surface area contributed by atoms with E-state index in [1.165, 1.54) is 0 Å². The Morgan fingerprint density at radius 1 is 1.04 bits per heavy atom. The fourth-order valence-corrected chi connectivity index (χ4v) is 2.82. The molecule has 0 aliphatic rings. The van der Waals surface area contributed by atoms with Crippen molar-refractivity contribution in [1.82, 2.24) is 5.32 Å². The van der Waals surface area contributed by atoms with Gasteiger partial charge in [-0.25, -0.2) is 4.79 Å². The molecule has 0 saturated carbocycles. The number of ketones is 1. The van der Waals surface area contributed by atoms with Gasteiger partial charge in [0.05, 0.1) is 7.11 Å². The molecular formula is C22H26N2O3. The van der Waals surface area contributed by atoms with Crippen LogP contribution >= 0.6 is 0 Å². The number of ether oxygens (including phenoxy) is 1. The molecule has 5 heteroatoms. The van der Waals surface area contributed by atoms with Crippen molar-refractivity contribution in [3.8, 4) is 5.75 Å². The summed E-state index contributed by atoms with van der Waals surface area (Å²) in [7, 11) is 1.65. The third kappa shape index (κ3) is 5.71. The van der Waals surface area contributed by atoms with E-state index < -0.39 is 0 Å². The number of rotatable bonds is 6. The third-order valence-electron chi connectivity index (χ3n) is 3.96. The van der Waals surface area contributed by atoms with Gasteiger partial charge in [-0.15, -0.1) is 0 Å². The van der Waals surface area contributed by atoms with Crippen LogP contribution in [0.4, 0.5) is 10.5 Å². The van der Waals surface area contributed by atoms with Gasteiger partial charge in [-0.3, -0.25) is 4.79 Å². The minimum atomic E-state index is -0.269.